The van der Waals surface area contributed by atoms with Gasteiger partial charge in [0.05, 0.1) is 18.2 Å². The summed E-state index contributed by atoms with van der Waals surface area (Å²) in [5.74, 6) is -2.16. The number of fused-ring (bicyclic) bond motifs is 3. The van der Waals surface area contributed by atoms with Gasteiger partial charge in [0.1, 0.15) is 5.75 Å². The van der Waals surface area contributed by atoms with Crippen LogP contribution in [0.15, 0.2) is 49.1 Å². The van der Waals surface area contributed by atoms with Crippen LogP contribution in [0.3, 0.4) is 0 Å². The molecule has 0 radical (unpaired) electrons. The Morgan fingerprint density at radius 2 is 2.03 bits per heavy atom. The van der Waals surface area contributed by atoms with E-state index in [1.54, 1.807) is 6.07 Å². The van der Waals surface area contributed by atoms with Crippen molar-refractivity contribution in [1.29, 1.82) is 0 Å². The van der Waals surface area contributed by atoms with Gasteiger partial charge in [0.25, 0.3) is 0 Å². The molecule has 2 aliphatic rings. The van der Waals surface area contributed by atoms with Crippen LogP contribution < -0.4 is 9.64 Å². The molecule has 1 aliphatic heterocycles. The van der Waals surface area contributed by atoms with Crippen molar-refractivity contribution < 1.29 is 24.5 Å². The van der Waals surface area contributed by atoms with Crippen LogP contribution in [-0.2, 0) is 21.4 Å². The zero-order valence-corrected chi connectivity index (χ0v) is 21.3. The van der Waals surface area contributed by atoms with E-state index in [1.807, 2.05) is 24.3 Å². The second kappa shape index (κ2) is 11.4. The van der Waals surface area contributed by atoms with Gasteiger partial charge >= 0.3 is 11.9 Å². The van der Waals surface area contributed by atoms with E-state index < -0.39 is 17.9 Å². The minimum absolute atomic E-state index is 0.0434. The molecule has 2 aromatic rings. The third kappa shape index (κ3) is 5.70. The Labute approximate surface area is 217 Å². The molecule has 7 heteroatoms. The molecule has 192 valence electrons. The summed E-state index contributed by atoms with van der Waals surface area (Å²) in [6, 6.07) is 11.7. The van der Waals surface area contributed by atoms with Crippen LogP contribution in [-0.4, -0.2) is 41.8 Å². The Hall–Kier alpha value is -2.99. The lowest BCUT2D eigenvalue weighted by Gasteiger charge is -2.41. The minimum atomic E-state index is -1.02. The molecule has 2 atom stereocenters. The molecule has 1 aliphatic carbocycles. The molecule has 0 amide bonds. The maximum atomic E-state index is 12.0. The first-order valence-electron chi connectivity index (χ1n) is 12.7. The van der Waals surface area contributed by atoms with Crippen molar-refractivity contribution in [3.63, 3.8) is 0 Å². The fourth-order valence-corrected chi connectivity index (χ4v) is 5.87. The average Bonchev–Trinajstić information content (AvgIpc) is 2.99. The van der Waals surface area contributed by atoms with Gasteiger partial charge < -0.3 is 19.8 Å². The number of ether oxygens (including phenoxy) is 1. The predicted molar refractivity (Wildman–Crippen MR) is 142 cm³/mol. The fraction of sp³-hybridized carbons (Fsp3) is 0.448. The highest BCUT2D eigenvalue weighted by Gasteiger charge is 2.41. The quantitative estimate of drug-likeness (QED) is 0.291. The maximum absolute atomic E-state index is 12.0. The highest BCUT2D eigenvalue weighted by molar-refractivity contribution is 6.30. The number of hydrogen-bond donors (Lipinski definition) is 2. The smallest absolute Gasteiger partial charge is 0.310 e. The average molecular weight is 512 g/mol. The number of hydrogen-bond acceptors (Lipinski definition) is 4. The summed E-state index contributed by atoms with van der Waals surface area (Å²) in [5.41, 5.74) is 3.85. The Morgan fingerprint density at radius 3 is 2.78 bits per heavy atom. The van der Waals surface area contributed by atoms with E-state index in [2.05, 4.69) is 23.6 Å². The number of allylic oxidation sites excluding steroid dienone is 1. The van der Waals surface area contributed by atoms with E-state index in [0.717, 1.165) is 68.1 Å². The lowest BCUT2D eigenvalue weighted by atomic mass is 9.70. The van der Waals surface area contributed by atoms with Gasteiger partial charge in [-0.05, 0) is 85.9 Å². The van der Waals surface area contributed by atoms with Crippen LogP contribution in [0.5, 0.6) is 5.75 Å². The van der Waals surface area contributed by atoms with Crippen molar-refractivity contribution in [2.45, 2.75) is 62.7 Å². The highest BCUT2D eigenvalue weighted by Crippen LogP contribution is 2.45. The molecular weight excluding hydrogens is 478 g/mol. The van der Waals surface area contributed by atoms with E-state index >= 15 is 0 Å². The van der Waals surface area contributed by atoms with Crippen molar-refractivity contribution in [3.8, 4) is 5.75 Å². The largest absolute Gasteiger partial charge is 0.490 e. The third-order valence-electron chi connectivity index (χ3n) is 7.49. The van der Waals surface area contributed by atoms with Gasteiger partial charge in [-0.15, -0.1) is 6.58 Å². The van der Waals surface area contributed by atoms with E-state index in [0.29, 0.717) is 12.2 Å². The lowest BCUT2D eigenvalue weighted by molar-refractivity contribution is -0.140. The molecule has 36 heavy (non-hydrogen) atoms. The van der Waals surface area contributed by atoms with Crippen molar-refractivity contribution in [3.05, 3.63) is 70.8 Å². The summed E-state index contributed by atoms with van der Waals surface area (Å²) in [7, 11) is 0. The van der Waals surface area contributed by atoms with E-state index in [-0.39, 0.29) is 18.3 Å². The molecule has 1 unspecified atom stereocenters. The monoisotopic (exact) mass is 511 g/mol. The van der Waals surface area contributed by atoms with Gasteiger partial charge in [0.2, 0.25) is 0 Å². The summed E-state index contributed by atoms with van der Waals surface area (Å²) < 4.78 is 6.45. The number of rotatable bonds is 10. The maximum Gasteiger partial charge on any atom is 0.310 e. The first kappa shape index (κ1) is 26.1. The van der Waals surface area contributed by atoms with Crippen molar-refractivity contribution in [2.75, 3.05) is 24.6 Å². The Bertz CT molecular complexity index is 1130. The van der Waals surface area contributed by atoms with Gasteiger partial charge in [-0.1, -0.05) is 29.8 Å². The van der Waals surface area contributed by atoms with Crippen LogP contribution in [0.4, 0.5) is 5.69 Å². The third-order valence-corrected chi connectivity index (χ3v) is 7.73. The lowest BCUT2D eigenvalue weighted by Crippen LogP contribution is -2.46. The molecule has 0 bridgehead atoms. The standard InChI is InChI=1S/C29H34ClNO5/c1-2-3-4-5-15-31-18-29(14-6-7-21-16-22(30)9-11-24(21)29)19-36-26-12-8-20(17-25(26)31)23(28(34)35)10-13-27(32)33/h2,8-9,11-12,16-17,23H,1,3-7,10,13-15,18-19H2,(H,32,33)(H,34,35)/t23?,29-/m0/s1. The number of carboxylic acid groups (broad SMARTS) is 2. The summed E-state index contributed by atoms with van der Waals surface area (Å²) in [4.78, 5) is 25.5. The van der Waals surface area contributed by atoms with Crippen LogP contribution in [0.2, 0.25) is 5.02 Å². The summed E-state index contributed by atoms with van der Waals surface area (Å²) in [6.07, 6.45) is 7.77. The number of aryl methyl sites for hydroxylation is 1. The molecule has 4 rings (SSSR count). The summed E-state index contributed by atoms with van der Waals surface area (Å²) in [6.45, 7) is 5.95. The molecule has 1 heterocycles. The topological polar surface area (TPSA) is 87.1 Å². The minimum Gasteiger partial charge on any atom is -0.490 e. The van der Waals surface area contributed by atoms with Crippen LogP contribution >= 0.6 is 11.6 Å². The van der Waals surface area contributed by atoms with Gasteiger partial charge in [0.15, 0.2) is 0 Å². The summed E-state index contributed by atoms with van der Waals surface area (Å²) in [5, 5.41) is 19.7. The van der Waals surface area contributed by atoms with E-state index in [1.165, 1.54) is 11.1 Å². The van der Waals surface area contributed by atoms with Crippen molar-refractivity contribution in [1.82, 2.24) is 0 Å². The number of nitrogens with zero attached hydrogens (tertiary/aromatic N) is 1. The zero-order valence-electron chi connectivity index (χ0n) is 20.5. The highest BCUT2D eigenvalue weighted by atomic mass is 35.5. The zero-order chi connectivity index (χ0) is 25.7. The molecule has 0 aromatic heterocycles. The molecule has 0 saturated heterocycles. The Balaban J connectivity index is 1.71. The van der Waals surface area contributed by atoms with Crippen LogP contribution in [0.1, 0.15) is 67.6 Å². The number of unbranched alkanes of at least 4 members (excludes halogenated alkanes) is 2. The number of benzene rings is 2. The Morgan fingerprint density at radius 1 is 1.19 bits per heavy atom. The number of carbonyl (C=O) groups is 2. The predicted octanol–water partition coefficient (Wildman–Crippen LogP) is 6.20. The fourth-order valence-electron chi connectivity index (χ4n) is 5.68. The van der Waals surface area contributed by atoms with Gasteiger partial charge in [-0.3, -0.25) is 9.59 Å². The first-order chi connectivity index (χ1) is 17.3. The second-order valence-corrected chi connectivity index (χ2v) is 10.4. The van der Waals surface area contributed by atoms with Gasteiger partial charge in [-0.25, -0.2) is 0 Å². The first-order valence-corrected chi connectivity index (χ1v) is 13.1. The molecular formula is C29H34ClNO5. The summed E-state index contributed by atoms with van der Waals surface area (Å²) >= 11 is 6.32. The van der Waals surface area contributed by atoms with E-state index in [9.17, 15) is 14.7 Å². The Kier molecular flexibility index (Phi) is 8.24. The molecule has 2 N–H and O–H groups in total. The molecule has 0 fully saturated rings. The molecule has 2 aromatic carbocycles. The number of aliphatic carboxylic acids is 2. The molecule has 0 saturated carbocycles. The van der Waals surface area contributed by atoms with Crippen LogP contribution in [0, 0.1) is 0 Å². The van der Waals surface area contributed by atoms with Gasteiger partial charge in [0, 0.05) is 29.9 Å². The number of halogens is 1. The SMILES string of the molecule is C=CCCCCN1C[C@@]2(CCCc3cc(Cl)ccc32)COc2ccc(C(CCC(=O)O)C(=O)O)cc21. The van der Waals surface area contributed by atoms with Crippen molar-refractivity contribution >= 4 is 29.2 Å². The normalized spacial score (nSPS) is 19.5. The van der Waals surface area contributed by atoms with E-state index in [4.69, 9.17) is 21.4 Å². The van der Waals surface area contributed by atoms with Crippen LogP contribution in [0.25, 0.3) is 0 Å². The number of anilines is 1. The molecule has 1 spiro atoms. The van der Waals surface area contributed by atoms with Crippen molar-refractivity contribution in [2.24, 2.45) is 0 Å². The van der Waals surface area contributed by atoms with Gasteiger partial charge in [-0.2, -0.15) is 0 Å². The number of carboxylic acids is 2. The molecule has 6 nitrogen and oxygen atoms in total. The second-order valence-electron chi connectivity index (χ2n) is 9.98.